The summed E-state index contributed by atoms with van der Waals surface area (Å²) in [6, 6.07) is 32.1. The molecule has 0 amide bonds. The highest BCUT2D eigenvalue weighted by Gasteiger charge is 2.41. The van der Waals surface area contributed by atoms with Gasteiger partial charge in [-0.05, 0) is 43.4 Å². The van der Waals surface area contributed by atoms with Crippen LogP contribution in [0.5, 0.6) is 0 Å². The van der Waals surface area contributed by atoms with E-state index in [0.717, 1.165) is 0 Å². The third-order valence-corrected chi connectivity index (χ3v) is 7.23. The number of hydrogen-bond donors (Lipinski definition) is 0. The highest BCUT2D eigenvalue weighted by molar-refractivity contribution is 7.76. The van der Waals surface area contributed by atoms with Gasteiger partial charge in [0.05, 0.1) is 6.10 Å². The monoisotopic (exact) mass is 369 g/mol. The molecule has 1 atom stereocenters. The number of methoxy groups -OCH3 is 1. The van der Waals surface area contributed by atoms with Crippen molar-refractivity contribution in [1.82, 2.24) is 0 Å². The van der Waals surface area contributed by atoms with Crippen LogP contribution in [0.4, 0.5) is 0 Å². The zero-order valence-corrected chi connectivity index (χ0v) is 16.2. The summed E-state index contributed by atoms with van der Waals surface area (Å²) in [5.41, 5.74) is 2.54. The Morgan fingerprint density at radius 3 is 1.70 bits per heavy atom. The summed E-state index contributed by atoms with van der Waals surface area (Å²) < 4.78 is 5.95. The summed E-state index contributed by atoms with van der Waals surface area (Å²) in [6.07, 6.45) is 6.56. The molecule has 0 saturated heterocycles. The summed E-state index contributed by atoms with van der Waals surface area (Å²) >= 11 is 0. The largest absolute Gasteiger partial charge is 0.376 e. The van der Waals surface area contributed by atoms with Gasteiger partial charge in [0.15, 0.2) is 0 Å². The van der Waals surface area contributed by atoms with E-state index in [4.69, 9.17) is 4.74 Å². The maximum atomic E-state index is 5.95. The van der Waals surface area contributed by atoms with E-state index in [1.165, 1.54) is 27.7 Å². The maximum Gasteiger partial charge on any atom is 0.0896 e. The number of benzene rings is 3. The first kappa shape index (κ1) is 18.4. The normalized spacial score (nSPS) is 16.7. The van der Waals surface area contributed by atoms with E-state index in [2.05, 4.69) is 104 Å². The summed E-state index contributed by atoms with van der Waals surface area (Å²) in [6.45, 7) is 0. The highest BCUT2D eigenvalue weighted by atomic mass is 31.1. The lowest BCUT2D eigenvalue weighted by molar-refractivity contribution is 0.120. The molecule has 27 heavy (non-hydrogen) atoms. The van der Waals surface area contributed by atoms with Crippen LogP contribution >= 0.6 is 7.92 Å². The molecule has 133 valence electrons. The molecule has 0 spiro atoms. The van der Waals surface area contributed by atoms with Crippen LogP contribution in [0.2, 0.25) is 0 Å². The molecule has 0 bridgehead atoms. The van der Waals surface area contributed by atoms with Crippen LogP contribution in [-0.4, -0.2) is 7.11 Å². The van der Waals surface area contributed by atoms with Crippen LogP contribution < -0.4 is 10.6 Å². The molecule has 1 nitrogen and oxygen atoms in total. The molecular formula is C25H22OP. The average Bonchev–Trinajstić information content (AvgIpc) is 3.20. The minimum absolute atomic E-state index is 0.0615. The fourth-order valence-electron chi connectivity index (χ4n) is 3.50. The van der Waals surface area contributed by atoms with Crippen molar-refractivity contribution in [2.24, 2.45) is 0 Å². The Morgan fingerprint density at radius 2 is 1.19 bits per heavy atom. The molecule has 3 aromatic carbocycles. The molecule has 0 aliphatic heterocycles. The summed E-state index contributed by atoms with van der Waals surface area (Å²) in [7, 11) is 1.16. The fraction of sp³-hybridized carbons (Fsp3) is 0.0800. The van der Waals surface area contributed by atoms with Crippen LogP contribution in [0.25, 0.3) is 0 Å². The van der Waals surface area contributed by atoms with Gasteiger partial charge in [-0.15, -0.1) is 0 Å². The van der Waals surface area contributed by atoms with Crippen molar-refractivity contribution in [3.63, 3.8) is 0 Å². The van der Waals surface area contributed by atoms with Gasteiger partial charge >= 0.3 is 0 Å². The van der Waals surface area contributed by atoms with Crippen LogP contribution in [0, 0.1) is 30.8 Å². The summed E-state index contributed by atoms with van der Waals surface area (Å²) in [5, 5.41) is 2.71. The lowest BCUT2D eigenvalue weighted by Gasteiger charge is -2.33. The SMILES string of the molecule is CO[C@@H]([C]1[CH][CH][CH][C]1P(c1ccccc1)c1ccccc1)c1ccccc1. The van der Waals surface area contributed by atoms with Gasteiger partial charge in [-0.2, -0.15) is 0 Å². The molecule has 4 rings (SSSR count). The van der Waals surface area contributed by atoms with E-state index in [9.17, 15) is 0 Å². The number of ether oxygens (including phenoxy) is 1. The van der Waals surface area contributed by atoms with Crippen molar-refractivity contribution in [2.45, 2.75) is 6.10 Å². The van der Waals surface area contributed by atoms with Gasteiger partial charge in [0, 0.05) is 18.7 Å². The van der Waals surface area contributed by atoms with Gasteiger partial charge < -0.3 is 4.74 Å². The molecule has 1 saturated carbocycles. The van der Waals surface area contributed by atoms with Gasteiger partial charge in [0.25, 0.3) is 0 Å². The second-order valence-electron chi connectivity index (χ2n) is 6.40. The number of rotatable bonds is 6. The van der Waals surface area contributed by atoms with Crippen molar-refractivity contribution in [2.75, 3.05) is 7.11 Å². The minimum Gasteiger partial charge on any atom is -0.376 e. The Bertz CT molecular complexity index is 779. The van der Waals surface area contributed by atoms with E-state index in [1.807, 2.05) is 6.07 Å². The van der Waals surface area contributed by atoms with Crippen LogP contribution in [0.3, 0.4) is 0 Å². The Kier molecular flexibility index (Phi) is 6.02. The van der Waals surface area contributed by atoms with Crippen LogP contribution in [0.15, 0.2) is 91.0 Å². The third kappa shape index (κ3) is 4.00. The van der Waals surface area contributed by atoms with E-state index in [1.54, 1.807) is 7.11 Å². The van der Waals surface area contributed by atoms with Gasteiger partial charge in [0.2, 0.25) is 0 Å². The van der Waals surface area contributed by atoms with Crippen molar-refractivity contribution in [3.8, 4) is 0 Å². The quantitative estimate of drug-likeness (QED) is 0.540. The molecule has 0 heterocycles. The van der Waals surface area contributed by atoms with Gasteiger partial charge in [0.1, 0.15) is 0 Å². The molecule has 0 N–H and O–H groups in total. The van der Waals surface area contributed by atoms with E-state index >= 15 is 0 Å². The molecule has 0 aromatic heterocycles. The first-order valence-corrected chi connectivity index (χ1v) is 10.5. The topological polar surface area (TPSA) is 9.23 Å². The van der Waals surface area contributed by atoms with Crippen LogP contribution in [0.1, 0.15) is 11.7 Å². The third-order valence-electron chi connectivity index (χ3n) is 4.72. The van der Waals surface area contributed by atoms with Crippen molar-refractivity contribution in [3.05, 3.63) is 127 Å². The number of hydrogen-bond acceptors (Lipinski definition) is 1. The fourth-order valence-corrected chi connectivity index (χ4v) is 5.98. The lowest BCUT2D eigenvalue weighted by atomic mass is 9.94. The molecule has 1 aliphatic carbocycles. The molecule has 5 radical (unpaired) electrons. The molecule has 0 unspecified atom stereocenters. The predicted molar refractivity (Wildman–Crippen MR) is 115 cm³/mol. The molecule has 1 fully saturated rings. The Morgan fingerprint density at radius 1 is 0.667 bits per heavy atom. The summed E-state index contributed by atoms with van der Waals surface area (Å²) in [4.78, 5) is 0. The highest BCUT2D eigenvalue weighted by Crippen LogP contribution is 2.59. The van der Waals surface area contributed by atoms with Crippen molar-refractivity contribution < 1.29 is 4.74 Å². The standard InChI is InChI=1S/C25H22OP/c1-26-25(20-12-5-2-6-13-20)23-18-11-19-24(23)27(21-14-7-3-8-15-21)22-16-9-4-10-17-22/h2-19,25H,1H3/t25-/m1/s1. The van der Waals surface area contributed by atoms with E-state index < -0.39 is 7.92 Å². The zero-order valence-electron chi connectivity index (χ0n) is 15.3. The van der Waals surface area contributed by atoms with Gasteiger partial charge in [-0.25, -0.2) is 0 Å². The predicted octanol–water partition coefficient (Wildman–Crippen LogP) is 5.24. The maximum absolute atomic E-state index is 5.95. The first-order valence-electron chi connectivity index (χ1n) is 9.12. The molecule has 2 heteroatoms. The second kappa shape index (κ2) is 8.83. The average molecular weight is 369 g/mol. The lowest BCUT2D eigenvalue weighted by Crippen LogP contribution is -2.23. The zero-order chi connectivity index (χ0) is 18.5. The Hall–Kier alpha value is -1.95. The van der Waals surface area contributed by atoms with E-state index in [-0.39, 0.29) is 6.10 Å². The Balaban J connectivity index is 1.73. The Labute approximate surface area is 164 Å². The van der Waals surface area contributed by atoms with Crippen molar-refractivity contribution >= 4 is 18.5 Å². The smallest absolute Gasteiger partial charge is 0.0896 e. The van der Waals surface area contributed by atoms with Gasteiger partial charge in [-0.1, -0.05) is 91.0 Å². The second-order valence-corrected chi connectivity index (χ2v) is 8.58. The molecule has 1 aliphatic rings. The van der Waals surface area contributed by atoms with Gasteiger partial charge in [-0.3, -0.25) is 0 Å². The minimum atomic E-state index is -0.638. The first-order chi connectivity index (χ1) is 13.4. The summed E-state index contributed by atoms with van der Waals surface area (Å²) in [5.74, 6) is 1.25. The van der Waals surface area contributed by atoms with Crippen molar-refractivity contribution in [1.29, 1.82) is 0 Å². The molecular weight excluding hydrogens is 347 g/mol. The van der Waals surface area contributed by atoms with E-state index in [0.29, 0.717) is 0 Å². The van der Waals surface area contributed by atoms with Crippen LogP contribution in [-0.2, 0) is 4.74 Å². The molecule has 3 aromatic rings.